The molecule has 26 heavy (non-hydrogen) atoms. The third kappa shape index (κ3) is 4.73. The Morgan fingerprint density at radius 3 is 2.31 bits per heavy atom. The Morgan fingerprint density at radius 1 is 1.04 bits per heavy atom. The van der Waals surface area contributed by atoms with Crippen LogP contribution in [0.2, 0.25) is 0 Å². The number of alkyl halides is 3. The Hall–Kier alpha value is -2.60. The highest BCUT2D eigenvalue weighted by Crippen LogP contribution is 2.29. The Labute approximate surface area is 150 Å². The molecule has 0 aliphatic carbocycles. The smallest absolute Gasteiger partial charge is 0.324 e. The second-order valence-electron chi connectivity index (χ2n) is 6.35. The molecule has 136 valence electrons. The molecule has 1 aliphatic rings. The summed E-state index contributed by atoms with van der Waals surface area (Å²) in [5.74, 6) is -0.198. The quantitative estimate of drug-likeness (QED) is 0.862. The summed E-state index contributed by atoms with van der Waals surface area (Å²) in [6.45, 7) is 1.89. The summed E-state index contributed by atoms with van der Waals surface area (Å²) in [4.78, 5) is 13.3. The predicted octanol–water partition coefficient (Wildman–Crippen LogP) is 3.02. The first-order valence-electron chi connectivity index (χ1n) is 8.47. The standard InChI is InChI=1S/C20H19F3N2O/c21-20(22,23)17-6-8-18(9-7-17)24-19(26)14-25-12-10-16(11-13-25)15-4-2-1-3-5-15/h1-10H,11-14H2,(H,24,26)/p+1. The topological polar surface area (TPSA) is 33.5 Å². The van der Waals surface area contributed by atoms with Crippen LogP contribution in [0.15, 0.2) is 60.7 Å². The number of benzene rings is 2. The third-order valence-electron chi connectivity index (χ3n) is 4.44. The SMILES string of the molecule is O=C(C[NH+]1CC=C(c2ccccc2)CC1)Nc1ccc(C(F)(F)F)cc1. The van der Waals surface area contributed by atoms with Crippen molar-refractivity contribution < 1.29 is 22.9 Å². The van der Waals surface area contributed by atoms with Gasteiger partial charge in [-0.15, -0.1) is 0 Å². The minimum absolute atomic E-state index is 0.198. The molecular formula is C20H20F3N2O+. The monoisotopic (exact) mass is 361 g/mol. The van der Waals surface area contributed by atoms with Crippen molar-refractivity contribution in [2.24, 2.45) is 0 Å². The van der Waals surface area contributed by atoms with Crippen molar-refractivity contribution in [3.05, 3.63) is 71.8 Å². The average Bonchev–Trinajstić information content (AvgIpc) is 2.63. The molecule has 6 heteroatoms. The van der Waals surface area contributed by atoms with E-state index in [-0.39, 0.29) is 5.91 Å². The first kappa shape index (κ1) is 18.2. The Morgan fingerprint density at radius 2 is 1.73 bits per heavy atom. The van der Waals surface area contributed by atoms with Gasteiger partial charge in [0.15, 0.2) is 6.54 Å². The molecule has 2 N–H and O–H groups in total. The van der Waals surface area contributed by atoms with Crippen LogP contribution in [0.25, 0.3) is 5.57 Å². The minimum Gasteiger partial charge on any atom is -0.324 e. The molecule has 2 aromatic carbocycles. The van der Waals surface area contributed by atoms with E-state index in [4.69, 9.17) is 0 Å². The second kappa shape index (κ2) is 7.74. The van der Waals surface area contributed by atoms with Crippen molar-refractivity contribution in [1.82, 2.24) is 0 Å². The maximum Gasteiger partial charge on any atom is 0.416 e. The third-order valence-corrected chi connectivity index (χ3v) is 4.44. The number of hydrogen-bond donors (Lipinski definition) is 2. The fourth-order valence-corrected chi connectivity index (χ4v) is 3.03. The Balaban J connectivity index is 1.52. The Bertz CT molecular complexity index is 783. The molecule has 0 spiro atoms. The van der Waals surface area contributed by atoms with Gasteiger partial charge in [0, 0.05) is 12.1 Å². The first-order valence-corrected chi connectivity index (χ1v) is 8.47. The number of rotatable bonds is 4. The van der Waals surface area contributed by atoms with Crippen LogP contribution in [-0.2, 0) is 11.0 Å². The number of halogens is 3. The van der Waals surface area contributed by atoms with E-state index in [0.717, 1.165) is 36.5 Å². The molecule has 3 rings (SSSR count). The number of anilines is 1. The molecule has 1 aliphatic heterocycles. The summed E-state index contributed by atoms with van der Waals surface area (Å²) >= 11 is 0. The van der Waals surface area contributed by atoms with E-state index in [1.165, 1.54) is 23.3 Å². The number of quaternary nitrogens is 1. The van der Waals surface area contributed by atoms with Crippen LogP contribution in [0.4, 0.5) is 18.9 Å². The lowest BCUT2D eigenvalue weighted by Gasteiger charge is -2.23. The van der Waals surface area contributed by atoms with E-state index >= 15 is 0 Å². The fraction of sp³-hybridized carbons (Fsp3) is 0.250. The first-order chi connectivity index (χ1) is 12.4. The van der Waals surface area contributed by atoms with Crippen LogP contribution in [0, 0.1) is 0 Å². The highest BCUT2D eigenvalue weighted by Gasteiger charge is 2.30. The summed E-state index contributed by atoms with van der Waals surface area (Å²) in [6, 6.07) is 14.6. The van der Waals surface area contributed by atoms with Crippen LogP contribution in [-0.4, -0.2) is 25.5 Å². The highest BCUT2D eigenvalue weighted by molar-refractivity contribution is 5.91. The van der Waals surface area contributed by atoms with Crippen molar-refractivity contribution in [2.75, 3.05) is 25.0 Å². The fourth-order valence-electron chi connectivity index (χ4n) is 3.03. The highest BCUT2D eigenvalue weighted by atomic mass is 19.4. The zero-order chi connectivity index (χ0) is 18.6. The van der Waals surface area contributed by atoms with E-state index in [2.05, 4.69) is 23.5 Å². The number of carbonyl (C=O) groups excluding carboxylic acids is 1. The number of hydrogen-bond acceptors (Lipinski definition) is 1. The lowest BCUT2D eigenvalue weighted by molar-refractivity contribution is -0.886. The van der Waals surface area contributed by atoms with Crippen molar-refractivity contribution in [3.63, 3.8) is 0 Å². The van der Waals surface area contributed by atoms with E-state index in [1.54, 1.807) is 0 Å². The van der Waals surface area contributed by atoms with Crippen molar-refractivity contribution >= 4 is 17.2 Å². The van der Waals surface area contributed by atoms with Gasteiger partial charge < -0.3 is 10.2 Å². The number of nitrogens with one attached hydrogen (secondary N) is 2. The number of carbonyl (C=O) groups is 1. The van der Waals surface area contributed by atoms with Gasteiger partial charge in [-0.1, -0.05) is 30.3 Å². The van der Waals surface area contributed by atoms with Gasteiger partial charge >= 0.3 is 6.18 Å². The molecular weight excluding hydrogens is 341 g/mol. The van der Waals surface area contributed by atoms with Gasteiger partial charge in [-0.25, -0.2) is 0 Å². The lowest BCUT2D eigenvalue weighted by Crippen LogP contribution is -3.13. The van der Waals surface area contributed by atoms with Gasteiger partial charge in [-0.2, -0.15) is 13.2 Å². The lowest BCUT2D eigenvalue weighted by atomic mass is 10.00. The second-order valence-corrected chi connectivity index (χ2v) is 6.35. The van der Waals surface area contributed by atoms with Crippen LogP contribution in [0.5, 0.6) is 0 Å². The van der Waals surface area contributed by atoms with Crippen molar-refractivity contribution in [1.29, 1.82) is 0 Å². The molecule has 2 aromatic rings. The molecule has 0 aromatic heterocycles. The van der Waals surface area contributed by atoms with Crippen LogP contribution in [0.3, 0.4) is 0 Å². The van der Waals surface area contributed by atoms with Gasteiger partial charge in [0.25, 0.3) is 5.91 Å². The summed E-state index contributed by atoms with van der Waals surface area (Å²) in [6.07, 6.45) is -1.32. The van der Waals surface area contributed by atoms with E-state index in [1.807, 2.05) is 18.2 Å². The van der Waals surface area contributed by atoms with Gasteiger partial charge in [0.1, 0.15) is 0 Å². The predicted molar refractivity (Wildman–Crippen MR) is 94.7 cm³/mol. The van der Waals surface area contributed by atoms with Gasteiger partial charge in [0.2, 0.25) is 0 Å². The van der Waals surface area contributed by atoms with Gasteiger partial charge in [0.05, 0.1) is 18.7 Å². The molecule has 1 amide bonds. The van der Waals surface area contributed by atoms with Gasteiger partial charge in [-0.3, -0.25) is 4.79 Å². The van der Waals surface area contributed by atoms with E-state index in [9.17, 15) is 18.0 Å². The van der Waals surface area contributed by atoms with Crippen molar-refractivity contribution in [2.45, 2.75) is 12.6 Å². The van der Waals surface area contributed by atoms with Gasteiger partial charge in [-0.05, 0) is 41.5 Å². The maximum absolute atomic E-state index is 12.5. The summed E-state index contributed by atoms with van der Waals surface area (Å²) in [5, 5.41) is 2.66. The molecule has 0 fully saturated rings. The minimum atomic E-state index is -4.37. The summed E-state index contributed by atoms with van der Waals surface area (Å²) in [5.41, 5.74) is 2.15. The summed E-state index contributed by atoms with van der Waals surface area (Å²) in [7, 11) is 0. The molecule has 0 radical (unpaired) electrons. The zero-order valence-electron chi connectivity index (χ0n) is 14.1. The molecule has 1 unspecified atom stereocenters. The normalized spacial score (nSPS) is 17.5. The zero-order valence-corrected chi connectivity index (χ0v) is 14.1. The average molecular weight is 361 g/mol. The molecule has 1 heterocycles. The van der Waals surface area contributed by atoms with Crippen LogP contribution < -0.4 is 10.2 Å². The summed E-state index contributed by atoms with van der Waals surface area (Å²) < 4.78 is 37.6. The Kier molecular flexibility index (Phi) is 5.42. The molecule has 1 atom stereocenters. The molecule has 0 bridgehead atoms. The molecule has 3 nitrogen and oxygen atoms in total. The van der Waals surface area contributed by atoms with Crippen molar-refractivity contribution in [3.8, 4) is 0 Å². The van der Waals surface area contributed by atoms with Crippen LogP contribution >= 0.6 is 0 Å². The van der Waals surface area contributed by atoms with Crippen LogP contribution in [0.1, 0.15) is 17.5 Å². The maximum atomic E-state index is 12.5. The van der Waals surface area contributed by atoms with E-state index < -0.39 is 11.7 Å². The largest absolute Gasteiger partial charge is 0.416 e. The molecule has 0 saturated carbocycles. The van der Waals surface area contributed by atoms with E-state index in [0.29, 0.717) is 12.2 Å². The number of amides is 1. The molecule has 0 saturated heterocycles.